The summed E-state index contributed by atoms with van der Waals surface area (Å²) in [5.74, 6) is 8.77. The molecule has 0 aliphatic heterocycles. The van der Waals surface area contributed by atoms with E-state index in [1.54, 1.807) is 7.11 Å². The molecule has 3 nitrogen and oxygen atoms in total. The first-order chi connectivity index (χ1) is 11.6. The van der Waals surface area contributed by atoms with Crippen LogP contribution in [0, 0.1) is 29.6 Å². The lowest BCUT2D eigenvalue weighted by atomic mass is 9.86. The lowest BCUT2D eigenvalue weighted by Crippen LogP contribution is -2.34. The molecule has 1 saturated carbocycles. The van der Waals surface area contributed by atoms with Gasteiger partial charge in [-0.15, -0.1) is 0 Å². The summed E-state index contributed by atoms with van der Waals surface area (Å²) in [7, 11) is 1.67. The predicted molar refractivity (Wildman–Crippen MR) is 100 cm³/mol. The van der Waals surface area contributed by atoms with Crippen LogP contribution >= 0.6 is 0 Å². The average molecular weight is 329 g/mol. The first kappa shape index (κ1) is 18.7. The van der Waals surface area contributed by atoms with Crippen molar-refractivity contribution in [2.24, 2.45) is 17.8 Å². The van der Waals surface area contributed by atoms with Gasteiger partial charge in [0.2, 0.25) is 0 Å². The predicted octanol–water partition coefficient (Wildman–Crippen LogP) is 4.32. The Balaban J connectivity index is 2.13. The van der Waals surface area contributed by atoms with Gasteiger partial charge in [-0.2, -0.15) is 0 Å². The number of rotatable bonds is 6. The Hall–Kier alpha value is -1.66. The van der Waals surface area contributed by atoms with Crippen LogP contribution in [-0.2, 0) is 0 Å². The molecule has 0 saturated heterocycles. The molecule has 1 aromatic rings. The molecule has 1 aromatic carbocycles. The molecule has 132 valence electrons. The normalized spacial score (nSPS) is 17.7. The fourth-order valence-corrected chi connectivity index (χ4v) is 3.27. The first-order valence-corrected chi connectivity index (χ1v) is 9.16. The van der Waals surface area contributed by atoms with Crippen molar-refractivity contribution >= 4 is 5.69 Å². The summed E-state index contributed by atoms with van der Waals surface area (Å²) in [5.41, 5.74) is 1.01. The van der Waals surface area contributed by atoms with Gasteiger partial charge in [0.05, 0.1) is 13.2 Å². The Bertz CT molecular complexity index is 535. The van der Waals surface area contributed by atoms with Crippen molar-refractivity contribution in [2.45, 2.75) is 52.0 Å². The third kappa shape index (κ3) is 5.46. The second-order valence-electron chi connectivity index (χ2n) is 7.06. The third-order valence-electron chi connectivity index (χ3n) is 4.96. The first-order valence-electron chi connectivity index (χ1n) is 9.16. The monoisotopic (exact) mass is 329 g/mol. The van der Waals surface area contributed by atoms with Crippen LogP contribution in [0.15, 0.2) is 24.3 Å². The zero-order valence-corrected chi connectivity index (χ0v) is 15.2. The van der Waals surface area contributed by atoms with E-state index in [2.05, 4.69) is 31.0 Å². The van der Waals surface area contributed by atoms with Gasteiger partial charge < -0.3 is 15.2 Å². The van der Waals surface area contributed by atoms with Gasteiger partial charge in [0, 0.05) is 24.1 Å². The molecule has 1 unspecified atom stereocenters. The Morgan fingerprint density at radius 3 is 2.38 bits per heavy atom. The van der Waals surface area contributed by atoms with Crippen molar-refractivity contribution in [2.75, 3.05) is 19.0 Å². The molecular weight excluding hydrogens is 298 g/mol. The second-order valence-corrected chi connectivity index (χ2v) is 7.06. The van der Waals surface area contributed by atoms with Crippen molar-refractivity contribution in [3.05, 3.63) is 24.3 Å². The Morgan fingerprint density at radius 2 is 1.83 bits per heavy atom. The number of aliphatic hydroxyl groups excluding tert-OH is 1. The molecule has 1 aliphatic carbocycles. The molecular formula is C21H31NO2. The van der Waals surface area contributed by atoms with Crippen LogP contribution in [0.25, 0.3) is 0 Å². The van der Waals surface area contributed by atoms with Crippen LogP contribution in [0.3, 0.4) is 0 Å². The van der Waals surface area contributed by atoms with Gasteiger partial charge in [0.1, 0.15) is 5.75 Å². The van der Waals surface area contributed by atoms with Crippen LogP contribution in [0.4, 0.5) is 5.69 Å². The molecule has 0 heterocycles. The molecule has 0 radical (unpaired) electrons. The lowest BCUT2D eigenvalue weighted by Gasteiger charge is -2.27. The molecule has 2 atom stereocenters. The van der Waals surface area contributed by atoms with Crippen molar-refractivity contribution in [1.82, 2.24) is 0 Å². The van der Waals surface area contributed by atoms with Crippen LogP contribution in [0.5, 0.6) is 5.75 Å². The minimum Gasteiger partial charge on any atom is -0.497 e. The summed E-state index contributed by atoms with van der Waals surface area (Å²) in [4.78, 5) is 0. The highest BCUT2D eigenvalue weighted by molar-refractivity contribution is 5.48. The highest BCUT2D eigenvalue weighted by Gasteiger charge is 2.23. The molecule has 2 rings (SSSR count). The molecule has 1 fully saturated rings. The smallest absolute Gasteiger partial charge is 0.119 e. The van der Waals surface area contributed by atoms with Gasteiger partial charge in [0.15, 0.2) is 0 Å². The summed E-state index contributed by atoms with van der Waals surface area (Å²) < 4.78 is 5.21. The average Bonchev–Trinajstić information content (AvgIpc) is 2.61. The van der Waals surface area contributed by atoms with Crippen molar-refractivity contribution in [1.29, 1.82) is 0 Å². The third-order valence-corrected chi connectivity index (χ3v) is 4.96. The maximum absolute atomic E-state index is 9.84. The summed E-state index contributed by atoms with van der Waals surface area (Å²) >= 11 is 0. The number of methoxy groups -OCH3 is 1. The quantitative estimate of drug-likeness (QED) is 0.764. The molecule has 0 bridgehead atoms. The van der Waals surface area contributed by atoms with Crippen molar-refractivity contribution in [3.8, 4) is 17.6 Å². The standard InChI is InChI=1S/C21H31NO2/c1-16(2)20(15-23)21(14-9-17-7-5-4-6-8-17)22-18-10-12-19(24-3)13-11-18/h10-13,16-17,20-23H,4-8,15H2,1-3H3/t20-,21?/m0/s1. The van der Waals surface area contributed by atoms with E-state index in [9.17, 15) is 5.11 Å². The number of nitrogens with one attached hydrogen (secondary N) is 1. The highest BCUT2D eigenvalue weighted by Crippen LogP contribution is 2.24. The minimum absolute atomic E-state index is 0.0367. The lowest BCUT2D eigenvalue weighted by molar-refractivity contribution is 0.185. The fourth-order valence-electron chi connectivity index (χ4n) is 3.27. The highest BCUT2D eigenvalue weighted by atomic mass is 16.5. The van der Waals surface area contributed by atoms with Gasteiger partial charge >= 0.3 is 0 Å². The van der Waals surface area contributed by atoms with Crippen LogP contribution in [0.1, 0.15) is 46.0 Å². The molecule has 2 N–H and O–H groups in total. The number of anilines is 1. The molecule has 3 heteroatoms. The summed E-state index contributed by atoms with van der Waals surface area (Å²) in [6.07, 6.45) is 6.37. The van der Waals surface area contributed by atoms with Gasteiger partial charge in [-0.1, -0.05) is 45.0 Å². The van der Waals surface area contributed by atoms with Gasteiger partial charge in [-0.3, -0.25) is 0 Å². The van der Waals surface area contributed by atoms with Crippen LogP contribution in [-0.4, -0.2) is 24.9 Å². The summed E-state index contributed by atoms with van der Waals surface area (Å²) in [6.45, 7) is 4.43. The zero-order valence-electron chi connectivity index (χ0n) is 15.2. The molecule has 24 heavy (non-hydrogen) atoms. The summed E-state index contributed by atoms with van der Waals surface area (Å²) in [6, 6.07) is 7.85. The molecule has 0 amide bonds. The Morgan fingerprint density at radius 1 is 1.17 bits per heavy atom. The van der Waals surface area contributed by atoms with E-state index in [0.717, 1.165) is 11.4 Å². The second kappa shape index (κ2) is 9.59. The Labute approximate surface area is 146 Å². The maximum atomic E-state index is 9.84. The number of hydrogen-bond donors (Lipinski definition) is 2. The van der Waals surface area contributed by atoms with Gasteiger partial charge in [0.25, 0.3) is 0 Å². The maximum Gasteiger partial charge on any atom is 0.119 e. The van der Waals surface area contributed by atoms with Gasteiger partial charge in [-0.25, -0.2) is 0 Å². The van der Waals surface area contributed by atoms with E-state index >= 15 is 0 Å². The number of hydrogen-bond acceptors (Lipinski definition) is 3. The summed E-state index contributed by atoms with van der Waals surface area (Å²) in [5, 5.41) is 13.3. The van der Waals surface area contributed by atoms with E-state index in [-0.39, 0.29) is 18.6 Å². The zero-order chi connectivity index (χ0) is 17.4. The van der Waals surface area contributed by atoms with E-state index in [0.29, 0.717) is 11.8 Å². The topological polar surface area (TPSA) is 41.5 Å². The number of ether oxygens (including phenoxy) is 1. The van der Waals surface area contributed by atoms with Crippen molar-refractivity contribution < 1.29 is 9.84 Å². The van der Waals surface area contributed by atoms with E-state index in [4.69, 9.17) is 4.74 Å². The van der Waals surface area contributed by atoms with E-state index in [1.807, 2.05) is 24.3 Å². The van der Waals surface area contributed by atoms with E-state index < -0.39 is 0 Å². The van der Waals surface area contributed by atoms with Crippen molar-refractivity contribution in [3.63, 3.8) is 0 Å². The fraction of sp³-hybridized carbons (Fsp3) is 0.619. The molecule has 0 aromatic heterocycles. The van der Waals surface area contributed by atoms with Crippen LogP contribution in [0.2, 0.25) is 0 Å². The largest absolute Gasteiger partial charge is 0.497 e. The number of benzene rings is 1. The number of aliphatic hydroxyl groups is 1. The van der Waals surface area contributed by atoms with E-state index in [1.165, 1.54) is 32.1 Å². The molecule has 1 aliphatic rings. The Kier molecular flexibility index (Phi) is 7.46. The van der Waals surface area contributed by atoms with Gasteiger partial charge in [-0.05, 0) is 43.0 Å². The minimum atomic E-state index is -0.0367. The van der Waals surface area contributed by atoms with Crippen LogP contribution < -0.4 is 10.1 Å². The molecule has 0 spiro atoms. The SMILES string of the molecule is COc1ccc(NC(C#CC2CCCCC2)[C@@H](CO)C(C)C)cc1.